The highest BCUT2D eigenvalue weighted by molar-refractivity contribution is 7.92. The molecule has 2 heterocycles. The summed E-state index contributed by atoms with van der Waals surface area (Å²) in [5.74, 6) is 0. The number of hydrogen-bond acceptors (Lipinski definition) is 4. The Bertz CT molecular complexity index is 1350. The number of rotatable bonds is 4. The maximum Gasteiger partial charge on any atom is 0.291 e. The molecular formula is C18H12Cl2N4O3S. The first-order valence-electron chi connectivity index (χ1n) is 7.99. The normalized spacial score (nSPS) is 11.6. The number of H-pyrrole nitrogens is 1. The molecule has 142 valence electrons. The predicted molar refractivity (Wildman–Crippen MR) is 109 cm³/mol. The molecule has 28 heavy (non-hydrogen) atoms. The number of hydrogen-bond donors (Lipinski definition) is 2. The maximum absolute atomic E-state index is 12.7. The molecule has 0 atom stereocenters. The van der Waals surface area contributed by atoms with E-state index in [1.54, 1.807) is 18.3 Å². The lowest BCUT2D eigenvalue weighted by Crippen LogP contribution is -2.21. The number of aromatic nitrogens is 3. The fraction of sp³-hybridized carbons (Fsp3) is 0. The van der Waals surface area contributed by atoms with E-state index in [0.717, 1.165) is 10.1 Å². The van der Waals surface area contributed by atoms with E-state index in [-0.39, 0.29) is 14.9 Å². The van der Waals surface area contributed by atoms with Crippen LogP contribution in [0.25, 0.3) is 16.6 Å². The summed E-state index contributed by atoms with van der Waals surface area (Å²) in [5, 5.41) is 4.69. The summed E-state index contributed by atoms with van der Waals surface area (Å²) < 4.78 is 29.1. The molecular weight excluding hydrogens is 423 g/mol. The van der Waals surface area contributed by atoms with E-state index in [0.29, 0.717) is 16.9 Å². The lowest BCUT2D eigenvalue weighted by Gasteiger charge is -2.10. The van der Waals surface area contributed by atoms with E-state index >= 15 is 0 Å². The predicted octanol–water partition coefficient (Wildman–Crippen LogP) is 3.82. The third-order valence-electron chi connectivity index (χ3n) is 4.10. The van der Waals surface area contributed by atoms with Crippen molar-refractivity contribution in [3.05, 3.63) is 81.3 Å². The van der Waals surface area contributed by atoms with E-state index in [2.05, 4.69) is 14.8 Å². The van der Waals surface area contributed by atoms with Crippen LogP contribution in [0.15, 0.2) is 70.6 Å². The number of fused-ring (bicyclic) bond motifs is 1. The van der Waals surface area contributed by atoms with E-state index in [1.165, 1.54) is 30.5 Å². The Balaban J connectivity index is 1.67. The van der Waals surface area contributed by atoms with Gasteiger partial charge in [-0.2, -0.15) is 9.78 Å². The summed E-state index contributed by atoms with van der Waals surface area (Å²) in [4.78, 5) is 15.2. The first-order chi connectivity index (χ1) is 13.4. The van der Waals surface area contributed by atoms with Crippen molar-refractivity contribution in [1.29, 1.82) is 0 Å². The molecule has 0 aliphatic heterocycles. The minimum Gasteiger partial charge on any atom is -0.359 e. The van der Waals surface area contributed by atoms with Crippen molar-refractivity contribution in [2.75, 3.05) is 4.72 Å². The standard InChI is InChI=1S/C18H12Cl2N4O3S/c19-14-10-22-24(18(25)16(14)20)12-4-6-13(7-5-12)28(26,27)23-15-3-1-2-11-8-9-21-17(11)15/h1-10,21,23H. The molecule has 0 aliphatic carbocycles. The molecule has 10 heteroatoms. The summed E-state index contributed by atoms with van der Waals surface area (Å²) in [7, 11) is -3.83. The van der Waals surface area contributed by atoms with Gasteiger partial charge in [-0.05, 0) is 36.4 Å². The SMILES string of the molecule is O=c1c(Cl)c(Cl)cnn1-c1ccc(S(=O)(=O)Nc2cccc3cc[nH]c23)cc1. The first kappa shape index (κ1) is 18.5. The molecule has 0 amide bonds. The minimum atomic E-state index is -3.83. The molecule has 0 unspecified atom stereocenters. The zero-order chi connectivity index (χ0) is 19.9. The Morgan fingerprint density at radius 1 is 1.04 bits per heavy atom. The third-order valence-corrected chi connectivity index (χ3v) is 6.23. The monoisotopic (exact) mass is 434 g/mol. The van der Waals surface area contributed by atoms with Crippen LogP contribution in [0.2, 0.25) is 10.0 Å². The van der Waals surface area contributed by atoms with Crippen LogP contribution in [0.5, 0.6) is 0 Å². The van der Waals surface area contributed by atoms with Crippen molar-refractivity contribution < 1.29 is 8.42 Å². The molecule has 0 spiro atoms. The van der Waals surface area contributed by atoms with Crippen molar-refractivity contribution >= 4 is 49.8 Å². The van der Waals surface area contributed by atoms with Gasteiger partial charge < -0.3 is 4.98 Å². The van der Waals surface area contributed by atoms with Crippen LogP contribution in [-0.2, 0) is 10.0 Å². The van der Waals surface area contributed by atoms with Gasteiger partial charge in [-0.3, -0.25) is 9.52 Å². The van der Waals surface area contributed by atoms with Gasteiger partial charge in [0.1, 0.15) is 5.02 Å². The number of halogens is 2. The van der Waals surface area contributed by atoms with Gasteiger partial charge in [0.25, 0.3) is 15.6 Å². The lowest BCUT2D eigenvalue weighted by molar-refractivity contribution is 0.601. The fourth-order valence-electron chi connectivity index (χ4n) is 2.74. The Morgan fingerprint density at radius 2 is 1.79 bits per heavy atom. The number of aromatic amines is 1. The average Bonchev–Trinajstić information content (AvgIpc) is 3.16. The van der Waals surface area contributed by atoms with Crippen LogP contribution in [0, 0.1) is 0 Å². The van der Waals surface area contributed by atoms with E-state index in [4.69, 9.17) is 23.2 Å². The summed E-state index contributed by atoms with van der Waals surface area (Å²) in [6.45, 7) is 0. The zero-order valence-corrected chi connectivity index (χ0v) is 16.4. The van der Waals surface area contributed by atoms with Crippen molar-refractivity contribution in [2.24, 2.45) is 0 Å². The van der Waals surface area contributed by atoms with Crippen LogP contribution < -0.4 is 10.3 Å². The molecule has 0 saturated carbocycles. The number of para-hydroxylation sites is 1. The van der Waals surface area contributed by atoms with Gasteiger partial charge in [0.2, 0.25) is 0 Å². The second kappa shape index (κ2) is 6.97. The van der Waals surface area contributed by atoms with Crippen LogP contribution in [0.1, 0.15) is 0 Å². The van der Waals surface area contributed by atoms with Gasteiger partial charge >= 0.3 is 0 Å². The molecule has 4 aromatic rings. The highest BCUT2D eigenvalue weighted by Crippen LogP contribution is 2.25. The minimum absolute atomic E-state index is 0.0351. The smallest absolute Gasteiger partial charge is 0.291 e. The molecule has 7 nitrogen and oxygen atoms in total. The molecule has 2 aromatic carbocycles. The molecule has 2 N–H and O–H groups in total. The largest absolute Gasteiger partial charge is 0.359 e. The Labute approximate surface area is 169 Å². The van der Waals surface area contributed by atoms with Gasteiger partial charge in [-0.25, -0.2) is 8.42 Å². The van der Waals surface area contributed by atoms with Gasteiger partial charge in [0.15, 0.2) is 0 Å². The van der Waals surface area contributed by atoms with Crippen molar-refractivity contribution in [3.8, 4) is 5.69 Å². The van der Waals surface area contributed by atoms with E-state index in [1.807, 2.05) is 12.1 Å². The molecule has 0 bridgehead atoms. The fourth-order valence-corrected chi connectivity index (χ4v) is 4.06. The molecule has 2 aromatic heterocycles. The van der Waals surface area contributed by atoms with Gasteiger partial charge in [-0.1, -0.05) is 35.3 Å². The lowest BCUT2D eigenvalue weighted by atomic mass is 10.2. The molecule has 0 fully saturated rings. The van der Waals surface area contributed by atoms with Crippen LogP contribution in [0.4, 0.5) is 5.69 Å². The first-order valence-corrected chi connectivity index (χ1v) is 10.2. The quantitative estimate of drug-likeness (QED) is 0.509. The highest BCUT2D eigenvalue weighted by atomic mass is 35.5. The summed E-state index contributed by atoms with van der Waals surface area (Å²) in [6.07, 6.45) is 2.98. The molecule has 0 radical (unpaired) electrons. The van der Waals surface area contributed by atoms with E-state index in [9.17, 15) is 13.2 Å². The number of anilines is 1. The number of benzene rings is 2. The summed E-state index contributed by atoms with van der Waals surface area (Å²) >= 11 is 11.6. The van der Waals surface area contributed by atoms with Crippen LogP contribution >= 0.6 is 23.2 Å². The number of nitrogens with zero attached hydrogens (tertiary/aromatic N) is 2. The summed E-state index contributed by atoms with van der Waals surface area (Å²) in [5.41, 5.74) is 0.888. The Hall–Kier alpha value is -2.81. The Morgan fingerprint density at radius 3 is 2.54 bits per heavy atom. The zero-order valence-electron chi connectivity index (χ0n) is 14.1. The van der Waals surface area contributed by atoms with Crippen molar-refractivity contribution in [2.45, 2.75) is 4.90 Å². The molecule has 4 rings (SSSR count). The third kappa shape index (κ3) is 3.26. The maximum atomic E-state index is 12.7. The van der Waals surface area contributed by atoms with Gasteiger partial charge in [0, 0.05) is 11.6 Å². The topological polar surface area (TPSA) is 96.8 Å². The Kier molecular flexibility index (Phi) is 4.62. The molecule has 0 saturated heterocycles. The van der Waals surface area contributed by atoms with E-state index < -0.39 is 15.6 Å². The van der Waals surface area contributed by atoms with Crippen molar-refractivity contribution in [1.82, 2.24) is 14.8 Å². The second-order valence-electron chi connectivity index (χ2n) is 5.87. The molecule has 0 aliphatic rings. The second-order valence-corrected chi connectivity index (χ2v) is 8.34. The number of sulfonamides is 1. The number of nitrogens with one attached hydrogen (secondary N) is 2. The van der Waals surface area contributed by atoms with Crippen LogP contribution in [0.3, 0.4) is 0 Å². The van der Waals surface area contributed by atoms with Crippen LogP contribution in [-0.4, -0.2) is 23.2 Å². The van der Waals surface area contributed by atoms with Gasteiger partial charge in [-0.15, -0.1) is 0 Å². The summed E-state index contributed by atoms with van der Waals surface area (Å²) in [6, 6.07) is 12.8. The average molecular weight is 435 g/mol. The highest BCUT2D eigenvalue weighted by Gasteiger charge is 2.17. The van der Waals surface area contributed by atoms with Gasteiger partial charge in [0.05, 0.1) is 33.0 Å². The van der Waals surface area contributed by atoms with Crippen molar-refractivity contribution in [3.63, 3.8) is 0 Å².